The van der Waals surface area contributed by atoms with Gasteiger partial charge in [0.1, 0.15) is 5.75 Å². The standard InChI is InChI=1S/C22H24ClN3O4S/c1-15(2)30-21-7-5-17(31(3,28)29)13-18(21)22(27)26-10-8-25(9-11-26)20-6-4-16(14-24)12-19(20)23/h4-7,12-13,15H,8-11H2,1-3H3. The summed E-state index contributed by atoms with van der Waals surface area (Å²) in [4.78, 5) is 17.1. The Bertz CT molecular complexity index is 1130. The quantitative estimate of drug-likeness (QED) is 0.678. The molecule has 0 saturated carbocycles. The first-order valence-corrected chi connectivity index (χ1v) is 12.1. The van der Waals surface area contributed by atoms with E-state index in [1.54, 1.807) is 17.0 Å². The van der Waals surface area contributed by atoms with Gasteiger partial charge in [-0.05, 0) is 50.2 Å². The predicted molar refractivity (Wildman–Crippen MR) is 120 cm³/mol. The lowest BCUT2D eigenvalue weighted by atomic mass is 10.1. The van der Waals surface area contributed by atoms with Crippen molar-refractivity contribution in [2.24, 2.45) is 0 Å². The van der Waals surface area contributed by atoms with Gasteiger partial charge < -0.3 is 14.5 Å². The molecule has 0 unspecified atom stereocenters. The van der Waals surface area contributed by atoms with Crippen LogP contribution < -0.4 is 9.64 Å². The first-order chi connectivity index (χ1) is 14.6. The minimum absolute atomic E-state index is 0.0787. The molecule has 1 fully saturated rings. The first-order valence-electron chi connectivity index (χ1n) is 9.85. The van der Waals surface area contributed by atoms with Gasteiger partial charge >= 0.3 is 0 Å². The van der Waals surface area contributed by atoms with E-state index in [1.807, 2.05) is 19.9 Å². The number of ether oxygens (including phenoxy) is 1. The summed E-state index contributed by atoms with van der Waals surface area (Å²) in [6.07, 6.45) is 0.950. The molecule has 1 saturated heterocycles. The highest BCUT2D eigenvalue weighted by molar-refractivity contribution is 7.90. The second-order valence-electron chi connectivity index (χ2n) is 7.65. The Morgan fingerprint density at radius 3 is 2.35 bits per heavy atom. The van der Waals surface area contributed by atoms with Gasteiger partial charge in [0.25, 0.3) is 5.91 Å². The van der Waals surface area contributed by atoms with Gasteiger partial charge in [-0.25, -0.2) is 8.42 Å². The van der Waals surface area contributed by atoms with Crippen LogP contribution in [-0.4, -0.2) is 57.8 Å². The van der Waals surface area contributed by atoms with E-state index in [2.05, 4.69) is 11.0 Å². The molecule has 1 amide bonds. The van der Waals surface area contributed by atoms with Crippen molar-refractivity contribution in [3.63, 3.8) is 0 Å². The molecule has 7 nitrogen and oxygen atoms in total. The van der Waals surface area contributed by atoms with Gasteiger partial charge in [-0.3, -0.25) is 4.79 Å². The van der Waals surface area contributed by atoms with Crippen LogP contribution in [-0.2, 0) is 9.84 Å². The first kappa shape index (κ1) is 22.9. The van der Waals surface area contributed by atoms with Crippen LogP contribution in [0.25, 0.3) is 0 Å². The van der Waals surface area contributed by atoms with Crippen LogP contribution in [0.5, 0.6) is 5.75 Å². The summed E-state index contributed by atoms with van der Waals surface area (Å²) in [5.74, 6) is 0.0942. The number of carbonyl (C=O) groups excluding carboxylic acids is 1. The number of hydrogen-bond acceptors (Lipinski definition) is 6. The summed E-state index contributed by atoms with van der Waals surface area (Å²) in [6.45, 7) is 5.70. The number of anilines is 1. The summed E-state index contributed by atoms with van der Waals surface area (Å²) in [5.41, 5.74) is 1.54. The van der Waals surface area contributed by atoms with Gasteiger partial charge in [-0.1, -0.05) is 11.6 Å². The fourth-order valence-corrected chi connectivity index (χ4v) is 4.36. The predicted octanol–water partition coefficient (Wildman–Crippen LogP) is 3.36. The summed E-state index contributed by atoms with van der Waals surface area (Å²) >= 11 is 6.32. The molecule has 3 rings (SSSR count). The van der Waals surface area contributed by atoms with Crippen LogP contribution in [0.4, 0.5) is 5.69 Å². The van der Waals surface area contributed by atoms with Crippen molar-refractivity contribution in [2.45, 2.75) is 24.8 Å². The van der Waals surface area contributed by atoms with Crippen LogP contribution >= 0.6 is 11.6 Å². The van der Waals surface area contributed by atoms with Gasteiger partial charge in [-0.15, -0.1) is 0 Å². The summed E-state index contributed by atoms with van der Waals surface area (Å²) in [6, 6.07) is 11.6. The maximum absolute atomic E-state index is 13.2. The van der Waals surface area contributed by atoms with Crippen LogP contribution in [0.3, 0.4) is 0 Å². The number of benzene rings is 2. The number of piperazine rings is 1. The SMILES string of the molecule is CC(C)Oc1ccc(S(C)(=O)=O)cc1C(=O)N1CCN(c2ccc(C#N)cc2Cl)CC1. The molecule has 0 atom stereocenters. The number of nitriles is 1. The lowest BCUT2D eigenvalue weighted by molar-refractivity contribution is 0.0740. The minimum Gasteiger partial charge on any atom is -0.490 e. The van der Waals surface area contributed by atoms with Crippen molar-refractivity contribution in [1.29, 1.82) is 5.26 Å². The van der Waals surface area contributed by atoms with Crippen LogP contribution in [0, 0.1) is 11.3 Å². The van der Waals surface area contributed by atoms with Crippen molar-refractivity contribution >= 4 is 33.0 Å². The minimum atomic E-state index is -3.46. The Kier molecular flexibility index (Phi) is 6.77. The van der Waals surface area contributed by atoms with Gasteiger partial charge in [0.2, 0.25) is 0 Å². The van der Waals surface area contributed by atoms with Crippen molar-refractivity contribution in [1.82, 2.24) is 4.90 Å². The Morgan fingerprint density at radius 2 is 1.81 bits per heavy atom. The van der Waals surface area contributed by atoms with Gasteiger partial charge in [0.05, 0.1) is 38.9 Å². The number of nitrogens with zero attached hydrogens (tertiary/aromatic N) is 3. The van der Waals surface area contributed by atoms with E-state index in [0.717, 1.165) is 11.9 Å². The molecule has 0 aliphatic carbocycles. The van der Waals surface area contributed by atoms with Gasteiger partial charge in [0, 0.05) is 32.4 Å². The van der Waals surface area contributed by atoms with E-state index >= 15 is 0 Å². The van der Waals surface area contributed by atoms with Crippen molar-refractivity contribution in [3.8, 4) is 11.8 Å². The molecule has 31 heavy (non-hydrogen) atoms. The van der Waals surface area contributed by atoms with Crippen molar-refractivity contribution in [3.05, 3.63) is 52.5 Å². The zero-order valence-electron chi connectivity index (χ0n) is 17.6. The molecule has 1 aliphatic rings. The number of carbonyl (C=O) groups is 1. The molecule has 0 spiro atoms. The fourth-order valence-electron chi connectivity index (χ4n) is 3.42. The number of halogens is 1. The topological polar surface area (TPSA) is 90.7 Å². The van der Waals surface area contributed by atoms with E-state index in [1.165, 1.54) is 18.2 Å². The van der Waals surface area contributed by atoms with E-state index < -0.39 is 9.84 Å². The Hall–Kier alpha value is -2.76. The smallest absolute Gasteiger partial charge is 0.257 e. The average Bonchev–Trinajstić information content (AvgIpc) is 2.72. The summed E-state index contributed by atoms with van der Waals surface area (Å²) in [7, 11) is -3.46. The van der Waals surface area contributed by atoms with E-state index in [9.17, 15) is 13.2 Å². The number of amides is 1. The number of hydrogen-bond donors (Lipinski definition) is 0. The molecule has 9 heteroatoms. The van der Waals surface area contributed by atoms with Gasteiger partial charge in [-0.2, -0.15) is 5.26 Å². The third kappa shape index (κ3) is 5.30. The average molecular weight is 462 g/mol. The third-order valence-corrected chi connectivity index (χ3v) is 6.37. The molecule has 0 aromatic heterocycles. The summed E-state index contributed by atoms with van der Waals surface area (Å²) in [5, 5.41) is 9.49. The Labute approximate surface area is 187 Å². The maximum atomic E-state index is 13.2. The van der Waals surface area contributed by atoms with Crippen molar-refractivity contribution < 1.29 is 17.9 Å². The number of rotatable bonds is 5. The van der Waals surface area contributed by atoms with E-state index in [0.29, 0.717) is 42.5 Å². The molecule has 1 aliphatic heterocycles. The molecule has 2 aromatic carbocycles. The zero-order chi connectivity index (χ0) is 22.8. The second kappa shape index (κ2) is 9.16. The summed E-state index contributed by atoms with van der Waals surface area (Å²) < 4.78 is 29.7. The molecule has 2 aromatic rings. The van der Waals surface area contributed by atoms with Gasteiger partial charge in [0.15, 0.2) is 9.84 Å². The largest absolute Gasteiger partial charge is 0.490 e. The Morgan fingerprint density at radius 1 is 1.13 bits per heavy atom. The molecular weight excluding hydrogens is 438 g/mol. The number of sulfone groups is 1. The third-order valence-electron chi connectivity index (χ3n) is 4.96. The fraction of sp³-hybridized carbons (Fsp3) is 0.364. The molecular formula is C22H24ClN3O4S. The Balaban J connectivity index is 1.81. The van der Waals surface area contributed by atoms with Crippen molar-refractivity contribution in [2.75, 3.05) is 37.3 Å². The highest BCUT2D eigenvalue weighted by atomic mass is 35.5. The van der Waals surface area contributed by atoms with E-state index in [4.69, 9.17) is 21.6 Å². The highest BCUT2D eigenvalue weighted by Crippen LogP contribution is 2.29. The van der Waals surface area contributed by atoms with Crippen LogP contribution in [0.15, 0.2) is 41.3 Å². The van der Waals surface area contributed by atoms with Crippen LogP contribution in [0.1, 0.15) is 29.8 Å². The molecule has 0 N–H and O–H groups in total. The maximum Gasteiger partial charge on any atom is 0.257 e. The molecule has 164 valence electrons. The zero-order valence-corrected chi connectivity index (χ0v) is 19.2. The van der Waals surface area contributed by atoms with Crippen LogP contribution in [0.2, 0.25) is 5.02 Å². The lowest BCUT2D eigenvalue weighted by Gasteiger charge is -2.36. The molecule has 0 radical (unpaired) electrons. The molecule has 1 heterocycles. The second-order valence-corrected chi connectivity index (χ2v) is 10.1. The lowest BCUT2D eigenvalue weighted by Crippen LogP contribution is -2.49. The molecule has 0 bridgehead atoms. The normalized spacial score (nSPS) is 14.5. The van der Waals surface area contributed by atoms with E-state index in [-0.39, 0.29) is 22.5 Å². The highest BCUT2D eigenvalue weighted by Gasteiger charge is 2.27. The monoisotopic (exact) mass is 461 g/mol.